The molecule has 0 heterocycles. The molecule has 5 heteroatoms. The Balaban J connectivity index is 3.46. The number of carbonyl (C=O) groups is 1. The first kappa shape index (κ1) is 14.3. The van der Waals surface area contributed by atoms with Crippen molar-refractivity contribution < 1.29 is 24.1 Å². The third-order valence-electron chi connectivity index (χ3n) is 2.77. The Morgan fingerprint density at radius 1 is 1.11 bits per heavy atom. The van der Waals surface area contributed by atoms with E-state index in [0.717, 1.165) is 11.1 Å². The van der Waals surface area contributed by atoms with Crippen molar-refractivity contribution in [2.45, 2.75) is 20.0 Å². The Hall–Kier alpha value is -1.75. The minimum atomic E-state index is -1.39. The Bertz CT molecular complexity index is 453. The van der Waals surface area contributed by atoms with Gasteiger partial charge in [0.05, 0.1) is 21.3 Å². The molecule has 1 aromatic carbocycles. The van der Waals surface area contributed by atoms with Crippen LogP contribution in [0.15, 0.2) is 6.07 Å². The van der Waals surface area contributed by atoms with Gasteiger partial charge in [0.2, 0.25) is 0 Å². The van der Waals surface area contributed by atoms with E-state index < -0.39 is 12.1 Å². The second-order valence-corrected chi connectivity index (χ2v) is 3.92. The van der Waals surface area contributed by atoms with Gasteiger partial charge in [0.15, 0.2) is 17.6 Å². The van der Waals surface area contributed by atoms with Crippen LogP contribution in [0.25, 0.3) is 0 Å². The zero-order chi connectivity index (χ0) is 13.9. The van der Waals surface area contributed by atoms with Gasteiger partial charge in [-0.05, 0) is 25.0 Å². The lowest BCUT2D eigenvalue weighted by Gasteiger charge is -2.19. The number of carbonyl (C=O) groups excluding carboxylic acids is 1. The molecule has 0 spiro atoms. The number of ether oxygens (including phenoxy) is 3. The number of hydrogen-bond donors (Lipinski definition) is 1. The van der Waals surface area contributed by atoms with E-state index in [1.807, 2.05) is 13.0 Å². The Labute approximate surface area is 106 Å². The van der Waals surface area contributed by atoms with E-state index in [2.05, 4.69) is 4.74 Å². The van der Waals surface area contributed by atoms with Crippen molar-refractivity contribution in [2.75, 3.05) is 21.3 Å². The normalized spacial score (nSPS) is 11.9. The van der Waals surface area contributed by atoms with E-state index in [0.29, 0.717) is 17.1 Å². The summed E-state index contributed by atoms with van der Waals surface area (Å²) in [6.07, 6.45) is -1.39. The molecule has 0 bridgehead atoms. The summed E-state index contributed by atoms with van der Waals surface area (Å²) in [7, 11) is 4.19. The largest absolute Gasteiger partial charge is 0.493 e. The van der Waals surface area contributed by atoms with E-state index in [9.17, 15) is 9.90 Å². The SMILES string of the molecule is COC(=O)C(O)c1c(C)cc(C)c(OC)c1OC. The van der Waals surface area contributed by atoms with Crippen molar-refractivity contribution in [3.05, 3.63) is 22.8 Å². The number of methoxy groups -OCH3 is 3. The summed E-state index contributed by atoms with van der Waals surface area (Å²) >= 11 is 0. The van der Waals surface area contributed by atoms with Gasteiger partial charge < -0.3 is 19.3 Å². The monoisotopic (exact) mass is 254 g/mol. The highest BCUT2D eigenvalue weighted by Crippen LogP contribution is 2.40. The summed E-state index contributed by atoms with van der Waals surface area (Å²) in [6.45, 7) is 3.65. The molecule has 0 aliphatic rings. The quantitative estimate of drug-likeness (QED) is 0.825. The summed E-state index contributed by atoms with van der Waals surface area (Å²) in [5, 5.41) is 9.98. The lowest BCUT2D eigenvalue weighted by atomic mass is 9.98. The molecule has 0 fully saturated rings. The van der Waals surface area contributed by atoms with Crippen LogP contribution in [0.2, 0.25) is 0 Å². The number of aliphatic hydroxyl groups is 1. The van der Waals surface area contributed by atoms with Crippen LogP contribution in [0.3, 0.4) is 0 Å². The van der Waals surface area contributed by atoms with Crippen molar-refractivity contribution >= 4 is 5.97 Å². The van der Waals surface area contributed by atoms with Gasteiger partial charge in [0, 0.05) is 5.56 Å². The minimum absolute atomic E-state index is 0.355. The second-order valence-electron chi connectivity index (χ2n) is 3.92. The van der Waals surface area contributed by atoms with Crippen LogP contribution < -0.4 is 9.47 Å². The fourth-order valence-electron chi connectivity index (χ4n) is 1.97. The molecular weight excluding hydrogens is 236 g/mol. The first-order valence-electron chi connectivity index (χ1n) is 5.45. The number of esters is 1. The molecule has 0 radical (unpaired) electrons. The van der Waals surface area contributed by atoms with Gasteiger partial charge in [0.1, 0.15) is 0 Å². The molecule has 0 saturated heterocycles. The number of benzene rings is 1. The summed E-state index contributed by atoms with van der Waals surface area (Å²) in [6, 6.07) is 1.82. The summed E-state index contributed by atoms with van der Waals surface area (Å²) in [5.74, 6) is 0.122. The third kappa shape index (κ3) is 2.41. The zero-order valence-electron chi connectivity index (χ0n) is 11.2. The third-order valence-corrected chi connectivity index (χ3v) is 2.77. The number of rotatable bonds is 4. The summed E-state index contributed by atoms with van der Waals surface area (Å²) in [4.78, 5) is 11.4. The molecule has 0 aliphatic carbocycles. The van der Waals surface area contributed by atoms with Crippen LogP contribution in [0, 0.1) is 13.8 Å². The second kappa shape index (κ2) is 5.73. The van der Waals surface area contributed by atoms with Crippen LogP contribution in [-0.4, -0.2) is 32.4 Å². The van der Waals surface area contributed by atoms with E-state index in [-0.39, 0.29) is 0 Å². The van der Waals surface area contributed by atoms with Gasteiger partial charge >= 0.3 is 5.97 Å². The smallest absolute Gasteiger partial charge is 0.339 e. The zero-order valence-corrected chi connectivity index (χ0v) is 11.2. The van der Waals surface area contributed by atoms with E-state index >= 15 is 0 Å². The maximum absolute atomic E-state index is 11.4. The van der Waals surface area contributed by atoms with Crippen LogP contribution in [-0.2, 0) is 9.53 Å². The Morgan fingerprint density at radius 2 is 1.67 bits per heavy atom. The van der Waals surface area contributed by atoms with Crippen LogP contribution >= 0.6 is 0 Å². The maximum Gasteiger partial charge on any atom is 0.339 e. The average Bonchev–Trinajstić information content (AvgIpc) is 2.36. The van der Waals surface area contributed by atoms with E-state index in [1.165, 1.54) is 21.3 Å². The molecule has 1 rings (SSSR count). The molecule has 0 saturated carbocycles. The molecule has 0 amide bonds. The number of aliphatic hydroxyl groups excluding tert-OH is 1. The first-order chi connectivity index (χ1) is 8.47. The van der Waals surface area contributed by atoms with Crippen molar-refractivity contribution in [2.24, 2.45) is 0 Å². The number of hydrogen-bond acceptors (Lipinski definition) is 5. The molecule has 1 unspecified atom stereocenters. The Morgan fingerprint density at radius 3 is 2.11 bits per heavy atom. The highest BCUT2D eigenvalue weighted by molar-refractivity contribution is 5.78. The molecule has 0 aromatic heterocycles. The lowest BCUT2D eigenvalue weighted by molar-refractivity contribution is -0.150. The molecule has 1 aromatic rings. The van der Waals surface area contributed by atoms with Crippen molar-refractivity contribution in [1.82, 2.24) is 0 Å². The minimum Gasteiger partial charge on any atom is -0.493 e. The van der Waals surface area contributed by atoms with Crippen LogP contribution in [0.4, 0.5) is 0 Å². The molecule has 1 atom stereocenters. The highest BCUT2D eigenvalue weighted by atomic mass is 16.5. The topological polar surface area (TPSA) is 65.0 Å². The van der Waals surface area contributed by atoms with Crippen molar-refractivity contribution in [3.8, 4) is 11.5 Å². The summed E-state index contributed by atoms with van der Waals surface area (Å²) in [5.41, 5.74) is 1.97. The summed E-state index contributed by atoms with van der Waals surface area (Å²) < 4.78 is 15.0. The lowest BCUT2D eigenvalue weighted by Crippen LogP contribution is -2.16. The van der Waals surface area contributed by atoms with E-state index in [1.54, 1.807) is 6.92 Å². The van der Waals surface area contributed by atoms with Gasteiger partial charge in [-0.25, -0.2) is 4.79 Å². The van der Waals surface area contributed by atoms with Crippen LogP contribution in [0.1, 0.15) is 22.8 Å². The van der Waals surface area contributed by atoms with Gasteiger partial charge in [-0.1, -0.05) is 6.07 Å². The standard InChI is InChI=1S/C13H18O5/c1-7-6-8(2)11(16-3)12(17-4)9(7)10(14)13(15)18-5/h6,10,14H,1-5H3. The van der Waals surface area contributed by atoms with Gasteiger partial charge in [0.25, 0.3) is 0 Å². The van der Waals surface area contributed by atoms with Crippen molar-refractivity contribution in [1.29, 1.82) is 0 Å². The Kier molecular flexibility index (Phi) is 4.55. The van der Waals surface area contributed by atoms with Gasteiger partial charge in [-0.15, -0.1) is 0 Å². The molecule has 100 valence electrons. The fourth-order valence-corrected chi connectivity index (χ4v) is 1.97. The first-order valence-corrected chi connectivity index (χ1v) is 5.45. The predicted molar refractivity (Wildman–Crippen MR) is 66.0 cm³/mol. The molecular formula is C13H18O5. The fraction of sp³-hybridized carbons (Fsp3) is 0.462. The van der Waals surface area contributed by atoms with Gasteiger partial charge in [-0.2, -0.15) is 0 Å². The average molecular weight is 254 g/mol. The maximum atomic E-state index is 11.4. The molecule has 18 heavy (non-hydrogen) atoms. The molecule has 1 N–H and O–H groups in total. The molecule has 5 nitrogen and oxygen atoms in total. The number of aryl methyl sites for hydroxylation is 2. The van der Waals surface area contributed by atoms with Gasteiger partial charge in [-0.3, -0.25) is 0 Å². The van der Waals surface area contributed by atoms with E-state index in [4.69, 9.17) is 9.47 Å². The van der Waals surface area contributed by atoms with Crippen LogP contribution in [0.5, 0.6) is 11.5 Å². The predicted octanol–water partition coefficient (Wildman–Crippen LogP) is 1.53. The highest BCUT2D eigenvalue weighted by Gasteiger charge is 2.27. The van der Waals surface area contributed by atoms with Crippen molar-refractivity contribution in [3.63, 3.8) is 0 Å². The molecule has 0 aliphatic heterocycles.